The molecule has 1 saturated heterocycles. The van der Waals surface area contributed by atoms with E-state index in [0.29, 0.717) is 13.1 Å². The molecule has 16 heavy (non-hydrogen) atoms. The molecular formula is C11H23N3O2. The van der Waals surface area contributed by atoms with Gasteiger partial charge >= 0.3 is 0 Å². The standard InChI is InChI=1S/C11H23N3O2/c1-12-11(4-6-16-7-5-11)9-13-10(15)8-14(2)3/h12H,4-9H2,1-3H3,(H,13,15). The van der Waals surface area contributed by atoms with Crippen LogP contribution in [0.4, 0.5) is 0 Å². The summed E-state index contributed by atoms with van der Waals surface area (Å²) in [6.45, 7) is 2.66. The average molecular weight is 229 g/mol. The molecule has 1 fully saturated rings. The second-order valence-electron chi connectivity index (χ2n) is 4.66. The summed E-state index contributed by atoms with van der Waals surface area (Å²) in [5, 5.41) is 6.29. The Labute approximate surface area is 97.5 Å². The number of amides is 1. The Morgan fingerprint density at radius 3 is 2.50 bits per heavy atom. The van der Waals surface area contributed by atoms with Crippen molar-refractivity contribution in [3.05, 3.63) is 0 Å². The van der Waals surface area contributed by atoms with Gasteiger partial charge in [0.1, 0.15) is 0 Å². The van der Waals surface area contributed by atoms with Crippen molar-refractivity contribution in [1.29, 1.82) is 0 Å². The largest absolute Gasteiger partial charge is 0.381 e. The zero-order chi connectivity index (χ0) is 12.0. The molecule has 0 aromatic carbocycles. The Morgan fingerprint density at radius 2 is 2.00 bits per heavy atom. The predicted octanol–water partition coefficient (Wildman–Crippen LogP) is -0.567. The lowest BCUT2D eigenvalue weighted by atomic mass is 9.90. The number of carbonyl (C=O) groups excluding carboxylic acids is 1. The molecule has 0 aromatic heterocycles. The summed E-state index contributed by atoms with van der Waals surface area (Å²) in [5.74, 6) is 0.0751. The quantitative estimate of drug-likeness (QED) is 0.663. The van der Waals surface area contributed by atoms with Crippen molar-refractivity contribution in [3.63, 3.8) is 0 Å². The van der Waals surface area contributed by atoms with Gasteiger partial charge in [0.2, 0.25) is 5.91 Å². The molecule has 0 atom stereocenters. The van der Waals surface area contributed by atoms with Crippen LogP contribution in [0.2, 0.25) is 0 Å². The zero-order valence-corrected chi connectivity index (χ0v) is 10.5. The van der Waals surface area contributed by atoms with Gasteiger partial charge in [0, 0.05) is 25.3 Å². The van der Waals surface area contributed by atoms with E-state index in [4.69, 9.17) is 4.74 Å². The normalized spacial score (nSPS) is 19.8. The van der Waals surface area contributed by atoms with E-state index in [1.807, 2.05) is 26.0 Å². The summed E-state index contributed by atoms with van der Waals surface area (Å²) in [6.07, 6.45) is 1.90. The summed E-state index contributed by atoms with van der Waals surface area (Å²) in [7, 11) is 5.73. The van der Waals surface area contributed by atoms with E-state index in [-0.39, 0.29) is 11.4 Å². The van der Waals surface area contributed by atoms with Gasteiger partial charge in [0.15, 0.2) is 0 Å². The highest BCUT2D eigenvalue weighted by Crippen LogP contribution is 2.19. The van der Waals surface area contributed by atoms with E-state index in [2.05, 4.69) is 10.6 Å². The van der Waals surface area contributed by atoms with Gasteiger partial charge in [-0.25, -0.2) is 0 Å². The Hall–Kier alpha value is -0.650. The number of nitrogens with zero attached hydrogens (tertiary/aromatic N) is 1. The van der Waals surface area contributed by atoms with Crippen LogP contribution in [0.15, 0.2) is 0 Å². The fourth-order valence-electron chi connectivity index (χ4n) is 1.89. The van der Waals surface area contributed by atoms with Crippen LogP contribution < -0.4 is 10.6 Å². The fraction of sp³-hybridized carbons (Fsp3) is 0.909. The van der Waals surface area contributed by atoms with Crippen molar-refractivity contribution >= 4 is 5.91 Å². The van der Waals surface area contributed by atoms with E-state index < -0.39 is 0 Å². The number of rotatable bonds is 5. The lowest BCUT2D eigenvalue weighted by Crippen LogP contribution is -2.55. The second kappa shape index (κ2) is 6.18. The SMILES string of the molecule is CNC1(CNC(=O)CN(C)C)CCOCC1. The van der Waals surface area contributed by atoms with Crippen LogP contribution >= 0.6 is 0 Å². The highest BCUT2D eigenvalue weighted by molar-refractivity contribution is 5.78. The van der Waals surface area contributed by atoms with E-state index in [0.717, 1.165) is 26.1 Å². The first-order valence-electron chi connectivity index (χ1n) is 5.76. The molecule has 0 aliphatic carbocycles. The molecule has 1 amide bonds. The van der Waals surface area contributed by atoms with Crippen LogP contribution in [0.3, 0.4) is 0 Å². The maximum atomic E-state index is 11.5. The number of hydrogen-bond donors (Lipinski definition) is 2. The molecule has 94 valence electrons. The minimum Gasteiger partial charge on any atom is -0.381 e. The van der Waals surface area contributed by atoms with Crippen LogP contribution in [-0.2, 0) is 9.53 Å². The molecular weight excluding hydrogens is 206 g/mol. The van der Waals surface area contributed by atoms with Crippen LogP contribution in [0.5, 0.6) is 0 Å². The number of ether oxygens (including phenoxy) is 1. The second-order valence-corrected chi connectivity index (χ2v) is 4.66. The van der Waals surface area contributed by atoms with E-state index in [9.17, 15) is 4.79 Å². The first-order chi connectivity index (χ1) is 7.58. The molecule has 5 nitrogen and oxygen atoms in total. The molecule has 0 spiro atoms. The van der Waals surface area contributed by atoms with Crippen molar-refractivity contribution in [2.75, 3.05) is 47.4 Å². The van der Waals surface area contributed by atoms with Crippen molar-refractivity contribution in [1.82, 2.24) is 15.5 Å². The molecule has 0 saturated carbocycles. The Kier molecular flexibility index (Phi) is 5.18. The zero-order valence-electron chi connectivity index (χ0n) is 10.5. The van der Waals surface area contributed by atoms with Crippen LogP contribution in [0.1, 0.15) is 12.8 Å². The van der Waals surface area contributed by atoms with E-state index in [1.165, 1.54) is 0 Å². The van der Waals surface area contributed by atoms with Gasteiger partial charge in [0.25, 0.3) is 0 Å². The minimum atomic E-state index is 0.0141. The lowest BCUT2D eigenvalue weighted by Gasteiger charge is -2.37. The van der Waals surface area contributed by atoms with E-state index >= 15 is 0 Å². The number of hydrogen-bond acceptors (Lipinski definition) is 4. The van der Waals surface area contributed by atoms with Crippen molar-refractivity contribution in [2.45, 2.75) is 18.4 Å². The van der Waals surface area contributed by atoms with Crippen LogP contribution in [0.25, 0.3) is 0 Å². The number of carbonyl (C=O) groups is 1. The van der Waals surface area contributed by atoms with Crippen LogP contribution in [0, 0.1) is 0 Å². The third-order valence-electron chi connectivity index (χ3n) is 3.06. The summed E-state index contributed by atoms with van der Waals surface area (Å²) in [6, 6.07) is 0. The molecule has 1 rings (SSSR count). The predicted molar refractivity (Wildman–Crippen MR) is 63.4 cm³/mol. The van der Waals surface area contributed by atoms with Gasteiger partial charge in [-0.1, -0.05) is 0 Å². The van der Waals surface area contributed by atoms with Crippen molar-refractivity contribution < 1.29 is 9.53 Å². The fourth-order valence-corrected chi connectivity index (χ4v) is 1.89. The molecule has 0 bridgehead atoms. The smallest absolute Gasteiger partial charge is 0.234 e. The number of likely N-dealkylation sites (N-methyl/N-ethyl adjacent to an activating group) is 2. The average Bonchev–Trinajstić information content (AvgIpc) is 2.27. The topological polar surface area (TPSA) is 53.6 Å². The third kappa shape index (κ3) is 4.08. The maximum absolute atomic E-state index is 11.5. The molecule has 0 unspecified atom stereocenters. The maximum Gasteiger partial charge on any atom is 0.234 e. The third-order valence-corrected chi connectivity index (χ3v) is 3.06. The van der Waals surface area contributed by atoms with Crippen LogP contribution in [-0.4, -0.2) is 63.8 Å². The van der Waals surface area contributed by atoms with Crippen molar-refractivity contribution in [2.24, 2.45) is 0 Å². The van der Waals surface area contributed by atoms with Gasteiger partial charge in [-0.3, -0.25) is 4.79 Å². The summed E-state index contributed by atoms with van der Waals surface area (Å²) in [5.41, 5.74) is 0.0141. The Balaban J connectivity index is 2.35. The molecule has 1 aliphatic heterocycles. The minimum absolute atomic E-state index is 0.0141. The first-order valence-corrected chi connectivity index (χ1v) is 5.76. The molecule has 0 aromatic rings. The number of nitrogens with one attached hydrogen (secondary N) is 2. The highest BCUT2D eigenvalue weighted by Gasteiger charge is 2.30. The molecule has 1 aliphatic rings. The summed E-state index contributed by atoms with van der Waals surface area (Å²) < 4.78 is 5.34. The monoisotopic (exact) mass is 229 g/mol. The van der Waals surface area contributed by atoms with Gasteiger partial charge in [-0.2, -0.15) is 0 Å². The summed E-state index contributed by atoms with van der Waals surface area (Å²) in [4.78, 5) is 13.4. The van der Waals surface area contributed by atoms with E-state index in [1.54, 1.807) is 0 Å². The van der Waals surface area contributed by atoms with Gasteiger partial charge in [-0.15, -0.1) is 0 Å². The van der Waals surface area contributed by atoms with Gasteiger partial charge < -0.3 is 20.3 Å². The van der Waals surface area contributed by atoms with Gasteiger partial charge in [0.05, 0.1) is 6.54 Å². The lowest BCUT2D eigenvalue weighted by molar-refractivity contribution is -0.122. The summed E-state index contributed by atoms with van der Waals surface area (Å²) >= 11 is 0. The highest BCUT2D eigenvalue weighted by atomic mass is 16.5. The molecule has 0 radical (unpaired) electrons. The van der Waals surface area contributed by atoms with Gasteiger partial charge in [-0.05, 0) is 34.0 Å². The first kappa shape index (κ1) is 13.4. The molecule has 5 heteroatoms. The Morgan fingerprint density at radius 1 is 1.38 bits per heavy atom. The molecule has 2 N–H and O–H groups in total. The Bertz CT molecular complexity index is 225. The molecule has 1 heterocycles. The van der Waals surface area contributed by atoms with Crippen molar-refractivity contribution in [3.8, 4) is 0 Å².